The number of carbonyl (C=O) groups is 1. The van der Waals surface area contributed by atoms with Crippen LogP contribution in [-0.2, 0) is 19.5 Å². The third-order valence-electron chi connectivity index (χ3n) is 4.14. The summed E-state index contributed by atoms with van der Waals surface area (Å²) >= 11 is 3.42. The van der Waals surface area contributed by atoms with Crippen LogP contribution in [0.4, 0.5) is 0 Å². The van der Waals surface area contributed by atoms with E-state index in [1.165, 1.54) is 28.2 Å². The largest absolute Gasteiger partial charge is 0.351 e. The van der Waals surface area contributed by atoms with Gasteiger partial charge >= 0.3 is 0 Å². The molecule has 1 aliphatic carbocycles. The van der Waals surface area contributed by atoms with E-state index in [4.69, 9.17) is 0 Å². The van der Waals surface area contributed by atoms with E-state index in [2.05, 4.69) is 33.8 Å². The summed E-state index contributed by atoms with van der Waals surface area (Å²) in [7, 11) is 0. The van der Waals surface area contributed by atoms with Crippen LogP contribution in [0.3, 0.4) is 0 Å². The normalized spacial score (nSPS) is 17.9. The zero-order valence-electron chi connectivity index (χ0n) is 11.8. The first kappa shape index (κ1) is 13.5. The predicted octanol–water partition coefficient (Wildman–Crippen LogP) is 3.26. The lowest BCUT2D eigenvalue weighted by molar-refractivity contribution is 0.0958. The average Bonchev–Trinajstić information content (AvgIpc) is 2.87. The highest BCUT2D eigenvalue weighted by Crippen LogP contribution is 2.38. The van der Waals surface area contributed by atoms with E-state index >= 15 is 0 Å². The van der Waals surface area contributed by atoms with Crippen LogP contribution in [-0.4, -0.2) is 23.4 Å². The van der Waals surface area contributed by atoms with Crippen LogP contribution in [0.25, 0.3) is 0 Å². The zero-order chi connectivity index (χ0) is 14.2. The molecule has 1 aliphatic heterocycles. The van der Waals surface area contributed by atoms with Crippen molar-refractivity contribution in [3.63, 3.8) is 0 Å². The molecular weight excluding hydrogens is 300 g/mol. The standard InChI is InChI=1S/C16H18N2OS2/c19-16(17-6-5-13-2-1-7-20-13)14-8-11-9-18(12-3-4-12)10-15(11)21-14/h1-2,7-8,12H,3-6,9-10H2,(H,17,19). The summed E-state index contributed by atoms with van der Waals surface area (Å²) in [6, 6.07) is 7.08. The summed E-state index contributed by atoms with van der Waals surface area (Å²) in [4.78, 5) is 18.3. The van der Waals surface area contributed by atoms with Gasteiger partial charge < -0.3 is 5.32 Å². The van der Waals surface area contributed by atoms with Gasteiger partial charge in [-0.25, -0.2) is 0 Å². The summed E-state index contributed by atoms with van der Waals surface area (Å²) < 4.78 is 0. The summed E-state index contributed by atoms with van der Waals surface area (Å²) in [5, 5.41) is 5.11. The van der Waals surface area contributed by atoms with Crippen molar-refractivity contribution in [3.8, 4) is 0 Å². The number of rotatable bonds is 5. The fourth-order valence-electron chi connectivity index (χ4n) is 2.84. The minimum atomic E-state index is 0.0870. The summed E-state index contributed by atoms with van der Waals surface area (Å²) in [5.41, 5.74) is 1.37. The Morgan fingerprint density at radius 1 is 1.38 bits per heavy atom. The van der Waals surface area contributed by atoms with Gasteiger partial charge in [0.1, 0.15) is 0 Å². The Hall–Kier alpha value is -1.17. The van der Waals surface area contributed by atoms with Crippen molar-refractivity contribution < 1.29 is 4.79 Å². The molecule has 0 unspecified atom stereocenters. The van der Waals surface area contributed by atoms with Crippen LogP contribution in [0.15, 0.2) is 23.6 Å². The molecule has 0 bridgehead atoms. The molecule has 2 aliphatic rings. The van der Waals surface area contributed by atoms with Gasteiger partial charge in [0.2, 0.25) is 0 Å². The lowest BCUT2D eigenvalue weighted by atomic mass is 10.2. The van der Waals surface area contributed by atoms with E-state index < -0.39 is 0 Å². The zero-order valence-corrected chi connectivity index (χ0v) is 13.4. The lowest BCUT2D eigenvalue weighted by Crippen LogP contribution is -2.25. The molecule has 5 heteroatoms. The van der Waals surface area contributed by atoms with Crippen molar-refractivity contribution in [1.82, 2.24) is 10.2 Å². The molecular formula is C16H18N2OS2. The number of fused-ring (bicyclic) bond motifs is 1. The molecule has 0 radical (unpaired) electrons. The Bertz CT molecular complexity index is 620. The van der Waals surface area contributed by atoms with E-state index in [0.717, 1.165) is 37.0 Å². The van der Waals surface area contributed by atoms with Gasteiger partial charge in [-0.15, -0.1) is 22.7 Å². The Morgan fingerprint density at radius 2 is 2.29 bits per heavy atom. The minimum absolute atomic E-state index is 0.0870. The van der Waals surface area contributed by atoms with Crippen molar-refractivity contribution in [2.75, 3.05) is 6.54 Å². The lowest BCUT2D eigenvalue weighted by Gasteiger charge is -2.12. The molecule has 0 atom stereocenters. The smallest absolute Gasteiger partial charge is 0.261 e. The maximum atomic E-state index is 12.2. The molecule has 2 aromatic heterocycles. The summed E-state index contributed by atoms with van der Waals surface area (Å²) in [6.07, 6.45) is 3.62. The third-order valence-corrected chi connectivity index (χ3v) is 6.24. The van der Waals surface area contributed by atoms with Gasteiger partial charge in [0.05, 0.1) is 4.88 Å². The highest BCUT2D eigenvalue weighted by atomic mass is 32.1. The molecule has 1 fully saturated rings. The monoisotopic (exact) mass is 318 g/mol. The number of thiophene rings is 2. The number of hydrogen-bond acceptors (Lipinski definition) is 4. The second-order valence-corrected chi connectivity index (χ2v) is 7.95. The van der Waals surface area contributed by atoms with Crippen LogP contribution in [0, 0.1) is 0 Å². The van der Waals surface area contributed by atoms with Crippen molar-refractivity contribution >= 4 is 28.6 Å². The molecule has 0 aromatic carbocycles. The van der Waals surface area contributed by atoms with E-state index in [-0.39, 0.29) is 5.91 Å². The summed E-state index contributed by atoms with van der Waals surface area (Å²) in [6.45, 7) is 2.81. The molecule has 4 rings (SSSR count). The number of hydrogen-bond donors (Lipinski definition) is 1. The first-order valence-corrected chi connectivity index (χ1v) is 9.15. The Morgan fingerprint density at radius 3 is 3.00 bits per heavy atom. The highest BCUT2D eigenvalue weighted by Gasteiger charge is 2.34. The van der Waals surface area contributed by atoms with E-state index in [1.54, 1.807) is 22.7 Å². The first-order chi connectivity index (χ1) is 10.3. The Balaban J connectivity index is 1.32. The van der Waals surface area contributed by atoms with Crippen molar-refractivity contribution in [1.29, 1.82) is 0 Å². The second kappa shape index (κ2) is 5.55. The van der Waals surface area contributed by atoms with Gasteiger partial charge in [-0.05, 0) is 42.3 Å². The van der Waals surface area contributed by atoms with Crippen molar-refractivity contribution in [2.24, 2.45) is 0 Å². The molecule has 0 spiro atoms. The van der Waals surface area contributed by atoms with Gasteiger partial charge in [0.15, 0.2) is 0 Å². The molecule has 110 valence electrons. The topological polar surface area (TPSA) is 32.3 Å². The van der Waals surface area contributed by atoms with E-state index in [1.807, 2.05) is 0 Å². The Labute approximate surface area is 132 Å². The van der Waals surface area contributed by atoms with E-state index in [0.29, 0.717) is 0 Å². The number of amides is 1. The van der Waals surface area contributed by atoms with Crippen LogP contribution < -0.4 is 5.32 Å². The number of nitrogens with zero attached hydrogens (tertiary/aromatic N) is 1. The second-order valence-electron chi connectivity index (χ2n) is 5.78. The van der Waals surface area contributed by atoms with Crippen LogP contribution in [0.2, 0.25) is 0 Å². The average molecular weight is 318 g/mol. The van der Waals surface area contributed by atoms with Crippen LogP contribution >= 0.6 is 22.7 Å². The van der Waals surface area contributed by atoms with Gasteiger partial charge in [0.25, 0.3) is 5.91 Å². The SMILES string of the molecule is O=C(NCCc1cccs1)c1cc2c(s1)CN(C1CC1)C2. The maximum Gasteiger partial charge on any atom is 0.261 e. The van der Waals surface area contributed by atoms with Gasteiger partial charge in [-0.3, -0.25) is 9.69 Å². The predicted molar refractivity (Wildman–Crippen MR) is 86.9 cm³/mol. The molecule has 1 saturated carbocycles. The molecule has 1 amide bonds. The van der Waals surface area contributed by atoms with Crippen molar-refractivity contribution in [3.05, 3.63) is 43.8 Å². The Kier molecular flexibility index (Phi) is 3.57. The molecule has 3 nitrogen and oxygen atoms in total. The maximum absolute atomic E-state index is 12.2. The fraction of sp³-hybridized carbons (Fsp3) is 0.438. The van der Waals surface area contributed by atoms with Crippen LogP contribution in [0.5, 0.6) is 0 Å². The highest BCUT2D eigenvalue weighted by molar-refractivity contribution is 7.14. The van der Waals surface area contributed by atoms with Crippen LogP contribution in [0.1, 0.15) is 37.8 Å². The summed E-state index contributed by atoms with van der Waals surface area (Å²) in [5.74, 6) is 0.0870. The van der Waals surface area contributed by atoms with E-state index in [9.17, 15) is 4.79 Å². The van der Waals surface area contributed by atoms with Gasteiger partial charge in [0, 0.05) is 35.4 Å². The van der Waals surface area contributed by atoms with Gasteiger partial charge in [-0.2, -0.15) is 0 Å². The first-order valence-electron chi connectivity index (χ1n) is 7.46. The quantitative estimate of drug-likeness (QED) is 0.918. The molecule has 1 N–H and O–H groups in total. The minimum Gasteiger partial charge on any atom is -0.351 e. The van der Waals surface area contributed by atoms with Gasteiger partial charge in [-0.1, -0.05) is 6.07 Å². The third kappa shape index (κ3) is 2.91. The fourth-order valence-corrected chi connectivity index (χ4v) is 4.67. The molecule has 0 saturated heterocycles. The molecule has 2 aromatic rings. The van der Waals surface area contributed by atoms with Crippen molar-refractivity contribution in [2.45, 2.75) is 38.4 Å². The molecule has 3 heterocycles. The number of carbonyl (C=O) groups excluding carboxylic acids is 1. The number of nitrogens with one attached hydrogen (secondary N) is 1. The molecule has 21 heavy (non-hydrogen) atoms.